The van der Waals surface area contributed by atoms with E-state index >= 15 is 0 Å². The highest BCUT2D eigenvalue weighted by atomic mass is 14.9. The number of hydrogen-bond donors (Lipinski definition) is 1. The molecular weight excluding hydrogens is 100 g/mol. The molecule has 1 aromatic rings. The molecule has 0 unspecified atom stereocenters. The Hall–Kier alpha value is -1.05. The van der Waals surface area contributed by atoms with Crippen molar-refractivity contribution in [3.8, 4) is 0 Å². The van der Waals surface area contributed by atoms with E-state index in [1.54, 1.807) is 0 Å². The molecule has 2 heteroatoms. The van der Waals surface area contributed by atoms with E-state index in [9.17, 15) is 0 Å². The summed E-state index contributed by atoms with van der Waals surface area (Å²) < 4.78 is 0. The van der Waals surface area contributed by atoms with Crippen LogP contribution in [0.25, 0.3) is 0 Å². The van der Waals surface area contributed by atoms with Crippen molar-refractivity contribution in [2.24, 2.45) is 4.99 Å². The fraction of sp³-hybridized carbons (Fsp3) is 0.167. The molecule has 0 aliphatic carbocycles. The summed E-state index contributed by atoms with van der Waals surface area (Å²) in [6.45, 7) is 5.34. The summed E-state index contributed by atoms with van der Waals surface area (Å²) >= 11 is 0. The molecule has 0 amide bonds. The van der Waals surface area contributed by atoms with Gasteiger partial charge in [0.1, 0.15) is 5.82 Å². The maximum Gasteiger partial charge on any atom is 0.129 e. The molecule has 1 rings (SSSR count). The van der Waals surface area contributed by atoms with E-state index in [4.69, 9.17) is 0 Å². The highest BCUT2D eigenvalue weighted by Gasteiger charge is 1.85. The first-order chi connectivity index (χ1) is 3.83. The van der Waals surface area contributed by atoms with Crippen LogP contribution < -0.4 is 0 Å². The average molecular weight is 108 g/mol. The molecule has 0 saturated carbocycles. The van der Waals surface area contributed by atoms with Gasteiger partial charge in [0.25, 0.3) is 0 Å². The lowest BCUT2D eigenvalue weighted by molar-refractivity contribution is 1.24. The second kappa shape index (κ2) is 1.82. The number of H-pyrrole nitrogens is 1. The summed E-state index contributed by atoms with van der Waals surface area (Å²) in [4.78, 5) is 6.68. The predicted molar refractivity (Wildman–Crippen MR) is 34.7 cm³/mol. The number of hydrogen-bond acceptors (Lipinski definition) is 1. The van der Waals surface area contributed by atoms with Crippen LogP contribution in [0, 0.1) is 6.92 Å². The summed E-state index contributed by atoms with van der Waals surface area (Å²) in [7, 11) is 0. The molecule has 1 N–H and O–H groups in total. The first-order valence-electron chi connectivity index (χ1n) is 2.45. The number of aliphatic imine (C=N–C) groups is 1. The van der Waals surface area contributed by atoms with Crippen molar-refractivity contribution in [3.05, 3.63) is 17.8 Å². The van der Waals surface area contributed by atoms with Crippen molar-refractivity contribution in [2.75, 3.05) is 0 Å². The van der Waals surface area contributed by atoms with Crippen LogP contribution in [0.3, 0.4) is 0 Å². The molecule has 0 saturated heterocycles. The fourth-order valence-electron chi connectivity index (χ4n) is 0.582. The third-order valence-corrected chi connectivity index (χ3v) is 0.987. The highest BCUT2D eigenvalue weighted by molar-refractivity contribution is 5.40. The van der Waals surface area contributed by atoms with Gasteiger partial charge in [0.15, 0.2) is 0 Å². The van der Waals surface area contributed by atoms with Crippen LogP contribution in [-0.2, 0) is 0 Å². The molecule has 0 radical (unpaired) electrons. The molecule has 1 heterocycles. The van der Waals surface area contributed by atoms with Gasteiger partial charge in [0.05, 0.1) is 0 Å². The van der Waals surface area contributed by atoms with Crippen molar-refractivity contribution < 1.29 is 0 Å². The number of aromatic amines is 1. The van der Waals surface area contributed by atoms with E-state index in [2.05, 4.69) is 16.7 Å². The van der Waals surface area contributed by atoms with Gasteiger partial charge in [-0.25, -0.2) is 4.99 Å². The summed E-state index contributed by atoms with van der Waals surface area (Å²) in [6, 6.07) is 3.85. The quantitative estimate of drug-likeness (QED) is 0.530. The normalized spacial score (nSPS) is 9.12. The number of nitrogens with one attached hydrogen (secondary N) is 1. The molecule has 0 atom stereocenters. The second-order valence-corrected chi connectivity index (χ2v) is 1.68. The van der Waals surface area contributed by atoms with Gasteiger partial charge in [-0.05, 0) is 25.8 Å². The Morgan fingerprint density at radius 1 is 1.62 bits per heavy atom. The van der Waals surface area contributed by atoms with Gasteiger partial charge in [0.2, 0.25) is 0 Å². The molecular formula is C6H8N2. The van der Waals surface area contributed by atoms with Gasteiger partial charge in [-0.15, -0.1) is 0 Å². The number of nitrogens with zero attached hydrogens (tertiary/aromatic N) is 1. The van der Waals surface area contributed by atoms with Gasteiger partial charge in [-0.3, -0.25) is 0 Å². The lowest BCUT2D eigenvalue weighted by Crippen LogP contribution is -1.63. The fourth-order valence-corrected chi connectivity index (χ4v) is 0.582. The van der Waals surface area contributed by atoms with Crippen LogP contribution in [-0.4, -0.2) is 11.7 Å². The number of aromatic nitrogens is 1. The third kappa shape index (κ3) is 0.780. The van der Waals surface area contributed by atoms with Crippen LogP contribution >= 0.6 is 0 Å². The minimum atomic E-state index is 0.836. The molecule has 0 spiro atoms. The maximum absolute atomic E-state index is 3.69. The van der Waals surface area contributed by atoms with E-state index in [1.165, 1.54) is 0 Å². The SMILES string of the molecule is C=Nc1ccc(C)[nH]1. The molecule has 1 aromatic heterocycles. The van der Waals surface area contributed by atoms with E-state index in [-0.39, 0.29) is 0 Å². The highest BCUT2D eigenvalue weighted by Crippen LogP contribution is 2.07. The molecule has 0 aliphatic rings. The van der Waals surface area contributed by atoms with Crippen molar-refractivity contribution in [1.29, 1.82) is 0 Å². The van der Waals surface area contributed by atoms with Crippen molar-refractivity contribution >= 4 is 12.5 Å². The average Bonchev–Trinajstić information content (AvgIpc) is 2.14. The molecule has 0 aromatic carbocycles. The monoisotopic (exact) mass is 108 g/mol. The molecule has 2 nitrogen and oxygen atoms in total. The summed E-state index contributed by atoms with van der Waals surface area (Å²) in [5.74, 6) is 0.836. The zero-order valence-electron chi connectivity index (χ0n) is 4.81. The smallest absolute Gasteiger partial charge is 0.129 e. The predicted octanol–water partition coefficient (Wildman–Crippen LogP) is 1.66. The van der Waals surface area contributed by atoms with Gasteiger partial charge in [0, 0.05) is 5.69 Å². The zero-order chi connectivity index (χ0) is 5.98. The molecule has 0 fully saturated rings. The first kappa shape index (κ1) is 5.09. The first-order valence-corrected chi connectivity index (χ1v) is 2.45. The Balaban J connectivity index is 3.00. The van der Waals surface area contributed by atoms with E-state index < -0.39 is 0 Å². The van der Waals surface area contributed by atoms with Crippen molar-refractivity contribution in [1.82, 2.24) is 4.98 Å². The lowest BCUT2D eigenvalue weighted by Gasteiger charge is -1.79. The van der Waals surface area contributed by atoms with E-state index in [0.717, 1.165) is 11.5 Å². The molecule has 0 bridgehead atoms. The van der Waals surface area contributed by atoms with E-state index in [1.807, 2.05) is 19.1 Å². The van der Waals surface area contributed by atoms with Crippen molar-refractivity contribution in [3.63, 3.8) is 0 Å². The van der Waals surface area contributed by atoms with Crippen LogP contribution in [0.1, 0.15) is 5.69 Å². The van der Waals surface area contributed by atoms with Crippen LogP contribution in [0.2, 0.25) is 0 Å². The second-order valence-electron chi connectivity index (χ2n) is 1.68. The number of aryl methyl sites for hydroxylation is 1. The van der Waals surface area contributed by atoms with Gasteiger partial charge in [-0.1, -0.05) is 0 Å². The molecule has 42 valence electrons. The number of rotatable bonds is 1. The van der Waals surface area contributed by atoms with Crippen molar-refractivity contribution in [2.45, 2.75) is 6.92 Å². The zero-order valence-corrected chi connectivity index (χ0v) is 4.81. The minimum absolute atomic E-state index is 0.836. The summed E-state index contributed by atoms with van der Waals surface area (Å²) in [6.07, 6.45) is 0. The standard InChI is InChI=1S/C6H8N2/c1-5-3-4-6(7-2)8-5/h3-4,8H,2H2,1H3. The third-order valence-electron chi connectivity index (χ3n) is 0.987. The van der Waals surface area contributed by atoms with Crippen LogP contribution in [0.15, 0.2) is 17.1 Å². The van der Waals surface area contributed by atoms with Gasteiger partial charge < -0.3 is 4.98 Å². The lowest BCUT2D eigenvalue weighted by atomic mass is 10.5. The van der Waals surface area contributed by atoms with Crippen LogP contribution in [0.5, 0.6) is 0 Å². The Labute approximate surface area is 48.3 Å². The summed E-state index contributed by atoms with van der Waals surface area (Å²) in [5.41, 5.74) is 1.12. The molecule has 8 heavy (non-hydrogen) atoms. The molecule has 0 aliphatic heterocycles. The van der Waals surface area contributed by atoms with E-state index in [0.29, 0.717) is 0 Å². The topological polar surface area (TPSA) is 28.1 Å². The Kier molecular flexibility index (Phi) is 1.16. The van der Waals surface area contributed by atoms with Gasteiger partial charge >= 0.3 is 0 Å². The Morgan fingerprint density at radius 2 is 2.38 bits per heavy atom. The van der Waals surface area contributed by atoms with Crippen LogP contribution in [0.4, 0.5) is 5.82 Å². The summed E-state index contributed by atoms with van der Waals surface area (Å²) in [5, 5.41) is 0. The minimum Gasteiger partial charge on any atom is -0.344 e. The largest absolute Gasteiger partial charge is 0.344 e. The Bertz CT molecular complexity index is 188. The maximum atomic E-state index is 3.69. The van der Waals surface area contributed by atoms with Gasteiger partial charge in [-0.2, -0.15) is 0 Å². The Morgan fingerprint density at radius 3 is 2.62 bits per heavy atom.